The molecular formula is C17H26N2O. The quantitative estimate of drug-likeness (QED) is 0.667. The summed E-state index contributed by atoms with van der Waals surface area (Å²) >= 11 is 0. The topological polar surface area (TPSA) is 32.7 Å². The first kappa shape index (κ1) is 16.5. The molecule has 20 heavy (non-hydrogen) atoms. The molecular weight excluding hydrogens is 248 g/mol. The van der Waals surface area contributed by atoms with Gasteiger partial charge >= 0.3 is 0 Å². The zero-order valence-electron chi connectivity index (χ0n) is 13.1. The lowest BCUT2D eigenvalue weighted by Crippen LogP contribution is -2.36. The molecule has 0 aromatic carbocycles. The number of nitrogens with zero attached hydrogens (tertiary/aromatic N) is 2. The first-order valence-electron chi connectivity index (χ1n) is 7.64. The number of rotatable bonds is 6. The van der Waals surface area contributed by atoms with E-state index in [1.807, 2.05) is 19.2 Å². The first-order valence-corrected chi connectivity index (χ1v) is 7.64. The van der Waals surface area contributed by atoms with Crippen molar-refractivity contribution < 1.29 is 4.79 Å². The highest BCUT2D eigenvalue weighted by Crippen LogP contribution is 2.17. The summed E-state index contributed by atoms with van der Waals surface area (Å²) in [6.07, 6.45) is 10.3. The molecule has 0 saturated carbocycles. The average Bonchev–Trinajstić information content (AvgIpc) is 2.42. The van der Waals surface area contributed by atoms with Gasteiger partial charge < -0.3 is 0 Å². The van der Waals surface area contributed by atoms with Crippen molar-refractivity contribution in [2.75, 3.05) is 0 Å². The van der Waals surface area contributed by atoms with Crippen LogP contribution >= 0.6 is 0 Å². The monoisotopic (exact) mass is 274 g/mol. The minimum atomic E-state index is 0.113. The number of carbonyl (C=O) groups is 1. The maximum absolute atomic E-state index is 12.2. The Bertz CT molecular complexity index is 454. The van der Waals surface area contributed by atoms with E-state index in [0.29, 0.717) is 12.2 Å². The van der Waals surface area contributed by atoms with Crippen LogP contribution in [-0.4, -0.2) is 23.1 Å². The van der Waals surface area contributed by atoms with E-state index >= 15 is 0 Å². The molecule has 1 aliphatic rings. The fraction of sp³-hybridized carbons (Fsp3) is 0.588. The van der Waals surface area contributed by atoms with E-state index in [2.05, 4.69) is 37.6 Å². The number of allylic oxidation sites excluding steroid dienone is 3. The van der Waals surface area contributed by atoms with Gasteiger partial charge in [-0.2, -0.15) is 0 Å². The Balaban J connectivity index is 3.06. The molecule has 0 aliphatic carbocycles. The Morgan fingerprint density at radius 3 is 2.80 bits per heavy atom. The summed E-state index contributed by atoms with van der Waals surface area (Å²) < 4.78 is 0. The zero-order valence-corrected chi connectivity index (χ0v) is 13.1. The molecule has 1 heterocycles. The van der Waals surface area contributed by atoms with Crippen molar-refractivity contribution in [2.24, 2.45) is 4.99 Å². The maximum Gasteiger partial charge on any atom is 0.228 e. The Morgan fingerprint density at radius 1 is 1.45 bits per heavy atom. The van der Waals surface area contributed by atoms with Crippen LogP contribution in [0.15, 0.2) is 34.3 Å². The molecule has 3 heteroatoms. The lowest BCUT2D eigenvalue weighted by molar-refractivity contribution is -0.130. The zero-order chi connectivity index (χ0) is 15.0. The second-order valence-corrected chi connectivity index (χ2v) is 5.05. The van der Waals surface area contributed by atoms with Crippen LogP contribution in [-0.2, 0) is 4.79 Å². The predicted molar refractivity (Wildman–Crippen MR) is 84.6 cm³/mol. The van der Waals surface area contributed by atoms with Gasteiger partial charge in [-0.3, -0.25) is 9.69 Å². The summed E-state index contributed by atoms with van der Waals surface area (Å²) in [5.41, 5.74) is 4.38. The van der Waals surface area contributed by atoms with Crippen molar-refractivity contribution in [3.63, 3.8) is 0 Å². The van der Waals surface area contributed by atoms with Crippen LogP contribution in [0.2, 0.25) is 0 Å². The molecule has 0 aromatic rings. The molecule has 0 saturated heterocycles. The van der Waals surface area contributed by atoms with E-state index in [1.54, 1.807) is 4.90 Å². The van der Waals surface area contributed by atoms with Gasteiger partial charge in [-0.15, -0.1) is 0 Å². The summed E-state index contributed by atoms with van der Waals surface area (Å²) in [6, 6.07) is 0.161. The fourth-order valence-electron chi connectivity index (χ4n) is 2.25. The van der Waals surface area contributed by atoms with Gasteiger partial charge in [0, 0.05) is 18.7 Å². The summed E-state index contributed by atoms with van der Waals surface area (Å²) in [6.45, 7) is 8.22. The highest BCUT2D eigenvalue weighted by atomic mass is 16.2. The van der Waals surface area contributed by atoms with E-state index in [9.17, 15) is 4.79 Å². The van der Waals surface area contributed by atoms with E-state index in [0.717, 1.165) is 25.7 Å². The number of carbonyl (C=O) groups excluding carboxylic acids is 1. The van der Waals surface area contributed by atoms with Crippen LogP contribution in [0.1, 0.15) is 59.8 Å². The van der Waals surface area contributed by atoms with Crippen molar-refractivity contribution in [3.8, 4) is 0 Å². The normalized spacial score (nSPS) is 20.2. The maximum atomic E-state index is 12.2. The predicted octanol–water partition coefficient (Wildman–Crippen LogP) is 4.22. The third-order valence-electron chi connectivity index (χ3n) is 3.44. The largest absolute Gasteiger partial charge is 0.287 e. The molecule has 1 amide bonds. The highest BCUT2D eigenvalue weighted by molar-refractivity contribution is 5.82. The molecule has 0 N–H and O–H groups in total. The van der Waals surface area contributed by atoms with Gasteiger partial charge in [-0.05, 0) is 37.8 Å². The molecule has 1 rings (SSSR count). The van der Waals surface area contributed by atoms with Crippen molar-refractivity contribution in [2.45, 2.75) is 65.8 Å². The Labute approximate surface area is 122 Å². The van der Waals surface area contributed by atoms with Crippen LogP contribution in [0.4, 0.5) is 0 Å². The van der Waals surface area contributed by atoms with E-state index in [-0.39, 0.29) is 11.9 Å². The molecule has 0 spiro atoms. The fourth-order valence-corrected chi connectivity index (χ4v) is 2.25. The third-order valence-corrected chi connectivity index (χ3v) is 3.44. The highest BCUT2D eigenvalue weighted by Gasteiger charge is 2.21. The van der Waals surface area contributed by atoms with Crippen molar-refractivity contribution in [1.82, 2.24) is 4.90 Å². The summed E-state index contributed by atoms with van der Waals surface area (Å²) in [5, 5.41) is 0. The average molecular weight is 274 g/mol. The smallest absolute Gasteiger partial charge is 0.228 e. The second-order valence-electron chi connectivity index (χ2n) is 5.05. The molecule has 1 atom stereocenters. The summed E-state index contributed by atoms with van der Waals surface area (Å²) in [4.78, 5) is 18.5. The molecule has 0 aromatic heterocycles. The lowest BCUT2D eigenvalue weighted by atomic mass is 10.1. The molecule has 1 aliphatic heterocycles. The van der Waals surface area contributed by atoms with Crippen LogP contribution in [0, 0.1) is 0 Å². The number of amides is 1. The number of hydrogen-bond donors (Lipinski definition) is 0. The van der Waals surface area contributed by atoms with Crippen molar-refractivity contribution >= 4 is 12.1 Å². The van der Waals surface area contributed by atoms with Gasteiger partial charge in [-0.25, -0.2) is 4.99 Å². The third kappa shape index (κ3) is 4.50. The minimum absolute atomic E-state index is 0.113. The Morgan fingerprint density at radius 2 is 2.20 bits per heavy atom. The molecule has 110 valence electrons. The van der Waals surface area contributed by atoms with Crippen LogP contribution in [0.5, 0.6) is 0 Å². The Kier molecular flexibility index (Phi) is 7.03. The van der Waals surface area contributed by atoms with Gasteiger partial charge in [-0.1, -0.05) is 39.0 Å². The Hall–Kier alpha value is -1.60. The van der Waals surface area contributed by atoms with Gasteiger partial charge in [0.1, 0.15) is 0 Å². The van der Waals surface area contributed by atoms with Crippen molar-refractivity contribution in [1.29, 1.82) is 0 Å². The standard InChI is InChI=1S/C17H26N2O/c1-5-10-14(4)19(17(20)7-3)16-12-9-8-11-15(6-2)13-18-16/h9,11,13-14H,5-8,10H2,1-4H3/b15-11-,18-13-. The molecule has 0 bridgehead atoms. The summed E-state index contributed by atoms with van der Waals surface area (Å²) in [5.74, 6) is 0.762. The molecule has 0 radical (unpaired) electrons. The van der Waals surface area contributed by atoms with Crippen LogP contribution < -0.4 is 0 Å². The first-order chi connectivity index (χ1) is 9.63. The number of hydrogen-bond acceptors (Lipinski definition) is 2. The van der Waals surface area contributed by atoms with E-state index in [4.69, 9.17) is 0 Å². The second kappa shape index (κ2) is 8.55. The van der Waals surface area contributed by atoms with Crippen LogP contribution in [0.3, 0.4) is 0 Å². The molecule has 0 fully saturated rings. The van der Waals surface area contributed by atoms with E-state index < -0.39 is 0 Å². The summed E-state index contributed by atoms with van der Waals surface area (Å²) in [7, 11) is 0. The number of aliphatic imine (C=N–C) groups is 1. The molecule has 1 unspecified atom stereocenters. The van der Waals surface area contributed by atoms with Gasteiger partial charge in [0.25, 0.3) is 0 Å². The van der Waals surface area contributed by atoms with Gasteiger partial charge in [0.05, 0.1) is 0 Å². The van der Waals surface area contributed by atoms with Gasteiger partial charge in [0.15, 0.2) is 5.82 Å². The minimum Gasteiger partial charge on any atom is -0.287 e. The SMILES string of the molecule is CCCC(C)N(C(=O)CC)C1=C=CC/C=C(CC)\C=N/1. The lowest BCUT2D eigenvalue weighted by Gasteiger charge is -2.28. The van der Waals surface area contributed by atoms with Crippen LogP contribution in [0.25, 0.3) is 0 Å². The van der Waals surface area contributed by atoms with Gasteiger partial charge in [0.2, 0.25) is 5.91 Å². The van der Waals surface area contributed by atoms with Crippen molar-refractivity contribution in [3.05, 3.63) is 29.3 Å². The van der Waals surface area contributed by atoms with E-state index in [1.165, 1.54) is 5.57 Å². The molecule has 3 nitrogen and oxygen atoms in total.